The van der Waals surface area contributed by atoms with Crippen molar-refractivity contribution in [3.8, 4) is 5.75 Å². The molecule has 26 heavy (non-hydrogen) atoms. The first-order chi connectivity index (χ1) is 12.4. The molecule has 138 valence electrons. The van der Waals surface area contributed by atoms with Crippen LogP contribution in [-0.4, -0.2) is 25.1 Å². The van der Waals surface area contributed by atoms with Gasteiger partial charge in [0, 0.05) is 12.1 Å². The van der Waals surface area contributed by atoms with Gasteiger partial charge in [0.15, 0.2) is 6.10 Å². The Bertz CT molecular complexity index is 748. The van der Waals surface area contributed by atoms with E-state index in [-0.39, 0.29) is 12.3 Å². The molecule has 0 bridgehead atoms. The largest absolute Gasteiger partial charge is 0.497 e. The van der Waals surface area contributed by atoms with Crippen LogP contribution in [0.1, 0.15) is 30.0 Å². The normalized spacial score (nSPS) is 11.5. The maximum Gasteiger partial charge on any atom is 0.306 e. The Morgan fingerprint density at radius 2 is 1.65 bits per heavy atom. The van der Waals surface area contributed by atoms with Crippen molar-refractivity contribution in [3.63, 3.8) is 0 Å². The molecule has 0 saturated carbocycles. The van der Waals surface area contributed by atoms with Crippen LogP contribution in [-0.2, 0) is 20.7 Å². The van der Waals surface area contributed by atoms with Gasteiger partial charge in [0.2, 0.25) is 0 Å². The summed E-state index contributed by atoms with van der Waals surface area (Å²) < 4.78 is 10.4. The third-order valence-corrected chi connectivity index (χ3v) is 4.18. The number of rotatable bonds is 7. The Hall–Kier alpha value is -2.82. The van der Waals surface area contributed by atoms with Gasteiger partial charge >= 0.3 is 5.97 Å². The molecule has 0 aromatic heterocycles. The summed E-state index contributed by atoms with van der Waals surface area (Å²) in [5, 5.41) is 2.84. The van der Waals surface area contributed by atoms with Crippen molar-refractivity contribution in [3.05, 3.63) is 59.2 Å². The van der Waals surface area contributed by atoms with Crippen molar-refractivity contribution < 1.29 is 19.1 Å². The molecule has 0 aliphatic heterocycles. The Labute approximate surface area is 154 Å². The summed E-state index contributed by atoms with van der Waals surface area (Å²) in [6.45, 7) is 5.43. The number of esters is 1. The Morgan fingerprint density at radius 1 is 1.04 bits per heavy atom. The lowest BCUT2D eigenvalue weighted by Crippen LogP contribution is -2.30. The van der Waals surface area contributed by atoms with Crippen molar-refractivity contribution in [1.82, 2.24) is 0 Å². The number of methoxy groups -OCH3 is 1. The molecule has 2 aromatic rings. The van der Waals surface area contributed by atoms with Gasteiger partial charge in [-0.25, -0.2) is 0 Å². The lowest BCUT2D eigenvalue weighted by Gasteiger charge is -2.16. The van der Waals surface area contributed by atoms with Gasteiger partial charge in [-0.1, -0.05) is 30.3 Å². The van der Waals surface area contributed by atoms with Crippen molar-refractivity contribution >= 4 is 17.6 Å². The summed E-state index contributed by atoms with van der Waals surface area (Å²) >= 11 is 0. The smallest absolute Gasteiger partial charge is 0.306 e. The van der Waals surface area contributed by atoms with Gasteiger partial charge in [-0.2, -0.15) is 0 Å². The number of aryl methyl sites for hydroxylation is 3. The summed E-state index contributed by atoms with van der Waals surface area (Å²) in [4.78, 5) is 24.3. The standard InChI is InChI=1S/C21H25NO4/c1-14-6-5-7-15(2)20(14)22-21(24)16(3)26-19(23)13-10-17-8-11-18(25-4)12-9-17/h5-9,11-12,16H,10,13H2,1-4H3,(H,22,24)/t16-/m1/s1. The van der Waals surface area contributed by atoms with Gasteiger partial charge in [0.05, 0.1) is 7.11 Å². The van der Waals surface area contributed by atoms with E-state index in [1.54, 1.807) is 14.0 Å². The number of hydrogen-bond donors (Lipinski definition) is 1. The zero-order valence-electron chi connectivity index (χ0n) is 15.7. The first-order valence-electron chi connectivity index (χ1n) is 8.60. The number of hydrogen-bond acceptors (Lipinski definition) is 4. The van der Waals surface area contributed by atoms with Gasteiger partial charge in [-0.3, -0.25) is 9.59 Å². The number of benzene rings is 2. The third-order valence-electron chi connectivity index (χ3n) is 4.18. The molecule has 0 aliphatic rings. The second kappa shape index (κ2) is 9.04. The molecular weight excluding hydrogens is 330 g/mol. The van der Waals surface area contributed by atoms with Gasteiger partial charge < -0.3 is 14.8 Å². The molecule has 0 spiro atoms. The zero-order valence-corrected chi connectivity index (χ0v) is 15.7. The predicted octanol–water partition coefficient (Wildman–Crippen LogP) is 3.82. The second-order valence-corrected chi connectivity index (χ2v) is 6.24. The fourth-order valence-corrected chi connectivity index (χ4v) is 2.58. The van der Waals surface area contributed by atoms with E-state index < -0.39 is 12.1 Å². The minimum absolute atomic E-state index is 0.216. The second-order valence-electron chi connectivity index (χ2n) is 6.24. The molecule has 0 heterocycles. The number of carbonyl (C=O) groups excluding carboxylic acids is 2. The molecule has 1 N–H and O–H groups in total. The molecule has 1 amide bonds. The molecule has 2 rings (SSSR count). The van der Waals surface area contributed by atoms with Gasteiger partial charge in [-0.05, 0) is 56.0 Å². The molecule has 0 radical (unpaired) electrons. The van der Waals surface area contributed by atoms with Crippen LogP contribution in [0.5, 0.6) is 5.75 Å². The number of carbonyl (C=O) groups is 2. The van der Waals surface area contributed by atoms with E-state index in [0.717, 1.165) is 28.1 Å². The number of anilines is 1. The van der Waals surface area contributed by atoms with Crippen LogP contribution in [0.25, 0.3) is 0 Å². The van der Waals surface area contributed by atoms with Crippen molar-refractivity contribution in [2.75, 3.05) is 12.4 Å². The highest BCUT2D eigenvalue weighted by atomic mass is 16.5. The maximum atomic E-state index is 12.3. The molecule has 1 atom stereocenters. The number of para-hydroxylation sites is 1. The van der Waals surface area contributed by atoms with Crippen molar-refractivity contribution in [2.45, 2.75) is 39.7 Å². The first-order valence-corrected chi connectivity index (χ1v) is 8.60. The lowest BCUT2D eigenvalue weighted by atomic mass is 10.1. The average Bonchev–Trinajstić information content (AvgIpc) is 2.63. The lowest BCUT2D eigenvalue weighted by molar-refractivity contribution is -0.153. The number of amides is 1. The quantitative estimate of drug-likeness (QED) is 0.767. The van der Waals surface area contributed by atoms with E-state index >= 15 is 0 Å². The molecule has 0 saturated heterocycles. The molecule has 2 aromatic carbocycles. The summed E-state index contributed by atoms with van der Waals surface area (Å²) in [5.41, 5.74) is 3.71. The zero-order chi connectivity index (χ0) is 19.1. The predicted molar refractivity (Wildman–Crippen MR) is 101 cm³/mol. The fourth-order valence-electron chi connectivity index (χ4n) is 2.58. The Balaban J connectivity index is 1.84. The highest BCUT2D eigenvalue weighted by Crippen LogP contribution is 2.20. The van der Waals surface area contributed by atoms with E-state index in [2.05, 4.69) is 5.32 Å². The minimum atomic E-state index is -0.850. The van der Waals surface area contributed by atoms with Crippen LogP contribution in [0.4, 0.5) is 5.69 Å². The molecule has 5 nitrogen and oxygen atoms in total. The number of nitrogens with one attached hydrogen (secondary N) is 1. The van der Waals surface area contributed by atoms with E-state index in [4.69, 9.17) is 9.47 Å². The summed E-state index contributed by atoms with van der Waals surface area (Å²) in [7, 11) is 1.61. The Morgan fingerprint density at radius 3 is 2.23 bits per heavy atom. The van der Waals surface area contributed by atoms with Crippen LogP contribution in [0, 0.1) is 13.8 Å². The SMILES string of the molecule is COc1ccc(CCC(=O)O[C@H](C)C(=O)Nc2c(C)cccc2C)cc1. The summed E-state index contributed by atoms with van der Waals surface area (Å²) in [5.74, 6) is 0.0401. The first kappa shape index (κ1) is 19.5. The average molecular weight is 355 g/mol. The minimum Gasteiger partial charge on any atom is -0.497 e. The Kier molecular flexibility index (Phi) is 6.78. The van der Waals surface area contributed by atoms with E-state index in [1.807, 2.05) is 56.3 Å². The van der Waals surface area contributed by atoms with Crippen LogP contribution >= 0.6 is 0 Å². The summed E-state index contributed by atoms with van der Waals surface area (Å²) in [6, 6.07) is 13.3. The third kappa shape index (κ3) is 5.34. The van der Waals surface area contributed by atoms with E-state index in [9.17, 15) is 9.59 Å². The topological polar surface area (TPSA) is 64.6 Å². The highest BCUT2D eigenvalue weighted by molar-refractivity contribution is 5.96. The van der Waals surface area contributed by atoms with Crippen LogP contribution in [0.15, 0.2) is 42.5 Å². The molecular formula is C21H25NO4. The highest BCUT2D eigenvalue weighted by Gasteiger charge is 2.19. The molecule has 0 unspecified atom stereocenters. The maximum absolute atomic E-state index is 12.3. The van der Waals surface area contributed by atoms with Crippen LogP contribution in [0.3, 0.4) is 0 Å². The van der Waals surface area contributed by atoms with Crippen molar-refractivity contribution in [1.29, 1.82) is 0 Å². The fraction of sp³-hybridized carbons (Fsp3) is 0.333. The van der Waals surface area contributed by atoms with Gasteiger partial charge in [-0.15, -0.1) is 0 Å². The number of ether oxygens (including phenoxy) is 2. The van der Waals surface area contributed by atoms with E-state index in [0.29, 0.717) is 6.42 Å². The van der Waals surface area contributed by atoms with Gasteiger partial charge in [0.25, 0.3) is 5.91 Å². The summed E-state index contributed by atoms with van der Waals surface area (Å²) in [6.07, 6.45) is -0.0844. The van der Waals surface area contributed by atoms with Crippen LogP contribution in [0.2, 0.25) is 0 Å². The van der Waals surface area contributed by atoms with E-state index in [1.165, 1.54) is 0 Å². The molecule has 5 heteroatoms. The van der Waals surface area contributed by atoms with Crippen LogP contribution < -0.4 is 10.1 Å². The molecule has 0 aliphatic carbocycles. The van der Waals surface area contributed by atoms with Crippen molar-refractivity contribution in [2.24, 2.45) is 0 Å². The molecule has 0 fully saturated rings. The monoisotopic (exact) mass is 355 g/mol. The van der Waals surface area contributed by atoms with Gasteiger partial charge in [0.1, 0.15) is 5.75 Å².